The van der Waals surface area contributed by atoms with Crippen molar-refractivity contribution < 1.29 is 0 Å². The van der Waals surface area contributed by atoms with Crippen molar-refractivity contribution in [3.8, 4) is 0 Å². The summed E-state index contributed by atoms with van der Waals surface area (Å²) in [6.07, 6.45) is 2.74. The van der Waals surface area contributed by atoms with Gasteiger partial charge in [0.05, 0.1) is 0 Å². The Kier molecular flexibility index (Phi) is 4.56. The minimum Gasteiger partial charge on any atom is -0.309 e. The number of thioether (sulfide) groups is 1. The molecule has 16 heavy (non-hydrogen) atoms. The van der Waals surface area contributed by atoms with Gasteiger partial charge in [-0.05, 0) is 43.2 Å². The van der Waals surface area contributed by atoms with E-state index in [1.807, 2.05) is 18.2 Å². The first-order chi connectivity index (χ1) is 7.75. The highest BCUT2D eigenvalue weighted by atomic mass is 35.5. The fourth-order valence-electron chi connectivity index (χ4n) is 2.01. The lowest BCUT2D eigenvalue weighted by molar-refractivity contribution is 0.559. The molecule has 3 heteroatoms. The SMILES string of the molecule is CC(NCC1CCCS1)c1cccc(Cl)c1. The maximum Gasteiger partial charge on any atom is 0.0409 e. The van der Waals surface area contributed by atoms with Crippen LogP contribution in [0.5, 0.6) is 0 Å². The van der Waals surface area contributed by atoms with Crippen molar-refractivity contribution in [1.82, 2.24) is 5.32 Å². The van der Waals surface area contributed by atoms with Crippen LogP contribution in [0.1, 0.15) is 31.4 Å². The third-order valence-electron chi connectivity index (χ3n) is 3.02. The van der Waals surface area contributed by atoms with Crippen molar-refractivity contribution in [2.75, 3.05) is 12.3 Å². The summed E-state index contributed by atoms with van der Waals surface area (Å²) in [6.45, 7) is 3.31. The molecule has 0 aliphatic carbocycles. The van der Waals surface area contributed by atoms with E-state index in [4.69, 9.17) is 11.6 Å². The molecule has 1 aliphatic rings. The van der Waals surface area contributed by atoms with Gasteiger partial charge in [0, 0.05) is 22.9 Å². The second-order valence-electron chi connectivity index (χ2n) is 4.32. The van der Waals surface area contributed by atoms with Crippen LogP contribution in [-0.4, -0.2) is 17.5 Å². The van der Waals surface area contributed by atoms with Crippen molar-refractivity contribution in [2.24, 2.45) is 0 Å². The molecular weight excluding hydrogens is 238 g/mol. The van der Waals surface area contributed by atoms with Gasteiger partial charge >= 0.3 is 0 Å². The summed E-state index contributed by atoms with van der Waals surface area (Å²) in [5.74, 6) is 1.33. The van der Waals surface area contributed by atoms with E-state index in [1.54, 1.807) is 0 Å². The van der Waals surface area contributed by atoms with Gasteiger partial charge in [-0.2, -0.15) is 11.8 Å². The van der Waals surface area contributed by atoms with E-state index in [-0.39, 0.29) is 0 Å². The van der Waals surface area contributed by atoms with E-state index in [0.717, 1.165) is 16.8 Å². The minimum atomic E-state index is 0.389. The molecule has 1 aromatic carbocycles. The molecule has 0 radical (unpaired) electrons. The summed E-state index contributed by atoms with van der Waals surface area (Å²) in [6, 6.07) is 8.50. The van der Waals surface area contributed by atoms with Crippen molar-refractivity contribution in [2.45, 2.75) is 31.1 Å². The molecule has 1 fully saturated rings. The summed E-state index contributed by atoms with van der Waals surface area (Å²) < 4.78 is 0. The molecule has 1 N–H and O–H groups in total. The lowest BCUT2D eigenvalue weighted by atomic mass is 10.1. The molecule has 0 saturated carbocycles. The second kappa shape index (κ2) is 5.95. The van der Waals surface area contributed by atoms with Gasteiger partial charge in [-0.1, -0.05) is 23.7 Å². The predicted molar refractivity (Wildman–Crippen MR) is 73.3 cm³/mol. The molecule has 1 aromatic rings. The molecular formula is C13H18ClNS. The highest BCUT2D eigenvalue weighted by Crippen LogP contribution is 2.26. The Morgan fingerprint density at radius 3 is 3.12 bits per heavy atom. The van der Waals surface area contributed by atoms with Crippen LogP contribution >= 0.6 is 23.4 Å². The van der Waals surface area contributed by atoms with Gasteiger partial charge < -0.3 is 5.32 Å². The summed E-state index contributed by atoms with van der Waals surface area (Å²) in [4.78, 5) is 0. The molecule has 0 aromatic heterocycles. The number of hydrogen-bond acceptors (Lipinski definition) is 2. The maximum atomic E-state index is 5.98. The second-order valence-corrected chi connectivity index (χ2v) is 6.16. The Balaban J connectivity index is 1.85. The lowest BCUT2D eigenvalue weighted by Gasteiger charge is -2.17. The number of benzene rings is 1. The van der Waals surface area contributed by atoms with Crippen LogP contribution in [0, 0.1) is 0 Å². The van der Waals surface area contributed by atoms with Crippen molar-refractivity contribution in [3.63, 3.8) is 0 Å². The average molecular weight is 256 g/mol. The van der Waals surface area contributed by atoms with Gasteiger partial charge in [-0.15, -0.1) is 0 Å². The largest absolute Gasteiger partial charge is 0.309 e. The summed E-state index contributed by atoms with van der Waals surface area (Å²) in [5, 5.41) is 5.22. The van der Waals surface area contributed by atoms with Crippen molar-refractivity contribution in [1.29, 1.82) is 0 Å². The van der Waals surface area contributed by atoms with Gasteiger partial charge in [-0.3, -0.25) is 0 Å². The fourth-order valence-corrected chi connectivity index (χ4v) is 3.42. The van der Waals surface area contributed by atoms with Crippen LogP contribution in [0.3, 0.4) is 0 Å². The number of halogens is 1. The first-order valence-corrected chi connectivity index (χ1v) is 7.29. The van der Waals surface area contributed by atoms with Gasteiger partial charge in [0.15, 0.2) is 0 Å². The minimum absolute atomic E-state index is 0.389. The van der Waals surface area contributed by atoms with Gasteiger partial charge in [-0.25, -0.2) is 0 Å². The molecule has 1 heterocycles. The normalized spacial score (nSPS) is 22.2. The van der Waals surface area contributed by atoms with Crippen LogP contribution in [0.4, 0.5) is 0 Å². The van der Waals surface area contributed by atoms with Crippen LogP contribution < -0.4 is 5.32 Å². The zero-order valence-corrected chi connectivity index (χ0v) is 11.2. The third-order valence-corrected chi connectivity index (χ3v) is 4.66. The van der Waals surface area contributed by atoms with E-state index < -0.39 is 0 Å². The van der Waals surface area contributed by atoms with E-state index in [2.05, 4.69) is 30.1 Å². The first-order valence-electron chi connectivity index (χ1n) is 5.86. The quantitative estimate of drug-likeness (QED) is 0.876. The van der Waals surface area contributed by atoms with E-state index in [0.29, 0.717) is 6.04 Å². The Labute approximate surface area is 107 Å². The monoisotopic (exact) mass is 255 g/mol. The summed E-state index contributed by atoms with van der Waals surface area (Å²) in [5.41, 5.74) is 1.27. The maximum absolute atomic E-state index is 5.98. The van der Waals surface area contributed by atoms with Crippen LogP contribution in [0.25, 0.3) is 0 Å². The van der Waals surface area contributed by atoms with E-state index >= 15 is 0 Å². The Morgan fingerprint density at radius 1 is 1.56 bits per heavy atom. The standard InChI is InChI=1S/C13H18ClNS/c1-10(11-4-2-5-12(14)8-11)15-9-13-6-3-7-16-13/h2,4-5,8,10,13,15H,3,6-7,9H2,1H3. The first kappa shape index (κ1) is 12.3. The molecule has 88 valence electrons. The number of nitrogens with one attached hydrogen (secondary N) is 1. The highest BCUT2D eigenvalue weighted by Gasteiger charge is 2.16. The Bertz CT molecular complexity index is 336. The topological polar surface area (TPSA) is 12.0 Å². The number of rotatable bonds is 4. The van der Waals surface area contributed by atoms with E-state index in [9.17, 15) is 0 Å². The van der Waals surface area contributed by atoms with Gasteiger partial charge in [0.1, 0.15) is 0 Å². The summed E-state index contributed by atoms with van der Waals surface area (Å²) in [7, 11) is 0. The Hall–Kier alpha value is -0.180. The zero-order valence-electron chi connectivity index (χ0n) is 9.58. The predicted octanol–water partition coefficient (Wildman–Crippen LogP) is 3.89. The zero-order chi connectivity index (χ0) is 11.4. The van der Waals surface area contributed by atoms with Gasteiger partial charge in [0.2, 0.25) is 0 Å². The highest BCUT2D eigenvalue weighted by molar-refractivity contribution is 8.00. The van der Waals surface area contributed by atoms with Crippen LogP contribution in [0.2, 0.25) is 5.02 Å². The number of hydrogen-bond donors (Lipinski definition) is 1. The molecule has 1 nitrogen and oxygen atoms in total. The molecule has 1 saturated heterocycles. The molecule has 0 amide bonds. The molecule has 0 bridgehead atoms. The lowest BCUT2D eigenvalue weighted by Crippen LogP contribution is -2.26. The molecule has 0 spiro atoms. The Morgan fingerprint density at radius 2 is 2.44 bits per heavy atom. The molecule has 1 aliphatic heterocycles. The average Bonchev–Trinajstić information content (AvgIpc) is 2.78. The third kappa shape index (κ3) is 3.41. The smallest absolute Gasteiger partial charge is 0.0409 e. The van der Waals surface area contributed by atoms with Crippen molar-refractivity contribution in [3.05, 3.63) is 34.9 Å². The molecule has 2 unspecified atom stereocenters. The fraction of sp³-hybridized carbons (Fsp3) is 0.538. The van der Waals surface area contributed by atoms with E-state index in [1.165, 1.54) is 24.2 Å². The van der Waals surface area contributed by atoms with Crippen molar-refractivity contribution >= 4 is 23.4 Å². The van der Waals surface area contributed by atoms with Gasteiger partial charge in [0.25, 0.3) is 0 Å². The molecule has 2 rings (SSSR count). The van der Waals surface area contributed by atoms with Crippen LogP contribution in [0.15, 0.2) is 24.3 Å². The van der Waals surface area contributed by atoms with Crippen LogP contribution in [-0.2, 0) is 0 Å². The molecule has 2 atom stereocenters. The summed E-state index contributed by atoms with van der Waals surface area (Å²) >= 11 is 8.08.